The second kappa shape index (κ2) is 5.16. The Morgan fingerprint density at radius 1 is 1.20 bits per heavy atom. The van der Waals surface area contributed by atoms with Crippen LogP contribution >= 0.6 is 0 Å². The molecule has 0 aliphatic carbocycles. The molecule has 2 atom stereocenters. The first-order valence-corrected chi connectivity index (χ1v) is 8.84. The Bertz CT molecular complexity index is 567. The minimum atomic E-state index is -3.02. The highest BCUT2D eigenvalue weighted by molar-refractivity contribution is 7.89. The second-order valence-electron chi connectivity index (χ2n) is 5.94. The molecule has 1 aromatic heterocycles. The summed E-state index contributed by atoms with van der Waals surface area (Å²) in [6.07, 6.45) is 0. The molecule has 0 radical (unpaired) electrons. The van der Waals surface area contributed by atoms with Gasteiger partial charge in [-0.25, -0.2) is 12.7 Å². The third kappa shape index (κ3) is 2.64. The maximum Gasteiger partial charge on any atom is 0.213 e. The molecule has 0 amide bonds. The summed E-state index contributed by atoms with van der Waals surface area (Å²) in [7, 11) is -3.02. The van der Waals surface area contributed by atoms with E-state index in [1.165, 1.54) is 0 Å². The summed E-state index contributed by atoms with van der Waals surface area (Å²) in [5.41, 5.74) is 0. The van der Waals surface area contributed by atoms with Gasteiger partial charge in [-0.3, -0.25) is 4.90 Å². The van der Waals surface area contributed by atoms with Crippen LogP contribution in [0.15, 0.2) is 16.5 Å². The first-order chi connectivity index (χ1) is 9.48. The first kappa shape index (κ1) is 14.1. The van der Waals surface area contributed by atoms with Gasteiger partial charge in [-0.15, -0.1) is 0 Å². The fraction of sp³-hybridized carbons (Fsp3) is 0.714. The highest BCUT2D eigenvalue weighted by atomic mass is 32.2. The number of fused-ring (bicyclic) bond motifs is 1. The van der Waals surface area contributed by atoms with Gasteiger partial charge in [-0.2, -0.15) is 0 Å². The van der Waals surface area contributed by atoms with Gasteiger partial charge < -0.3 is 4.42 Å². The maximum absolute atomic E-state index is 11.9. The molecular weight excluding hydrogens is 276 g/mol. The highest BCUT2D eigenvalue weighted by Gasteiger charge is 2.43. The summed E-state index contributed by atoms with van der Waals surface area (Å²) in [5.74, 6) is 3.11. The van der Waals surface area contributed by atoms with Crippen molar-refractivity contribution in [2.75, 3.05) is 31.9 Å². The van der Waals surface area contributed by atoms with E-state index >= 15 is 0 Å². The standard InChI is InChI=1S/C14H22N2O3S/c1-3-20(17,18)16-8-12-6-15(7-13(12)9-16)10-14-5-4-11(2)19-14/h4-5,12-13H,3,6-10H2,1-2H3. The van der Waals surface area contributed by atoms with E-state index in [4.69, 9.17) is 4.42 Å². The van der Waals surface area contributed by atoms with Crippen LogP contribution in [0.5, 0.6) is 0 Å². The van der Waals surface area contributed by atoms with Crippen LogP contribution in [0.4, 0.5) is 0 Å². The average Bonchev–Trinajstić information content (AvgIpc) is 3.04. The van der Waals surface area contributed by atoms with Crippen molar-refractivity contribution in [3.63, 3.8) is 0 Å². The van der Waals surface area contributed by atoms with E-state index in [2.05, 4.69) is 4.90 Å². The molecule has 5 nitrogen and oxygen atoms in total. The van der Waals surface area contributed by atoms with E-state index < -0.39 is 10.0 Å². The van der Waals surface area contributed by atoms with Gasteiger partial charge in [0.1, 0.15) is 11.5 Å². The van der Waals surface area contributed by atoms with Crippen LogP contribution in [0, 0.1) is 18.8 Å². The molecule has 112 valence electrons. The monoisotopic (exact) mass is 298 g/mol. The molecule has 3 rings (SSSR count). The summed E-state index contributed by atoms with van der Waals surface area (Å²) >= 11 is 0. The Labute approximate surface area is 120 Å². The SMILES string of the molecule is CCS(=O)(=O)N1CC2CN(Cc3ccc(C)o3)CC2C1. The molecule has 20 heavy (non-hydrogen) atoms. The van der Waals surface area contributed by atoms with E-state index in [0.717, 1.165) is 31.2 Å². The van der Waals surface area contributed by atoms with Crippen LogP contribution < -0.4 is 0 Å². The fourth-order valence-corrected chi connectivity index (χ4v) is 4.58. The number of hydrogen-bond acceptors (Lipinski definition) is 4. The molecule has 2 fully saturated rings. The molecule has 2 saturated heterocycles. The lowest BCUT2D eigenvalue weighted by atomic mass is 10.0. The maximum atomic E-state index is 11.9. The van der Waals surface area contributed by atoms with Crippen molar-refractivity contribution in [3.05, 3.63) is 23.7 Å². The van der Waals surface area contributed by atoms with E-state index in [1.54, 1.807) is 11.2 Å². The fourth-order valence-electron chi connectivity index (χ4n) is 3.38. The van der Waals surface area contributed by atoms with Gasteiger partial charge in [0.2, 0.25) is 10.0 Å². The Kier molecular flexibility index (Phi) is 3.64. The summed E-state index contributed by atoms with van der Waals surface area (Å²) < 4.78 is 31.1. The molecule has 0 N–H and O–H groups in total. The topological polar surface area (TPSA) is 53.8 Å². The van der Waals surface area contributed by atoms with E-state index in [0.29, 0.717) is 24.9 Å². The third-order valence-corrected chi connectivity index (χ3v) is 6.28. The number of nitrogens with zero attached hydrogens (tertiary/aromatic N) is 2. The summed E-state index contributed by atoms with van der Waals surface area (Å²) in [5, 5.41) is 0. The quantitative estimate of drug-likeness (QED) is 0.841. The van der Waals surface area contributed by atoms with E-state index in [1.807, 2.05) is 19.1 Å². The van der Waals surface area contributed by atoms with Gasteiger partial charge in [0.15, 0.2) is 0 Å². The summed E-state index contributed by atoms with van der Waals surface area (Å²) in [4.78, 5) is 2.38. The lowest BCUT2D eigenvalue weighted by molar-refractivity contribution is 0.264. The van der Waals surface area contributed by atoms with E-state index in [-0.39, 0.29) is 5.75 Å². The van der Waals surface area contributed by atoms with Crippen molar-refractivity contribution in [2.45, 2.75) is 20.4 Å². The highest BCUT2D eigenvalue weighted by Crippen LogP contribution is 2.33. The molecule has 2 unspecified atom stereocenters. The van der Waals surface area contributed by atoms with Crippen molar-refractivity contribution in [1.29, 1.82) is 0 Å². The van der Waals surface area contributed by atoms with Gasteiger partial charge in [-0.05, 0) is 37.8 Å². The number of aryl methyl sites for hydroxylation is 1. The van der Waals surface area contributed by atoms with Gasteiger partial charge in [-0.1, -0.05) is 0 Å². The molecule has 0 bridgehead atoms. The molecular formula is C14H22N2O3S. The van der Waals surface area contributed by atoms with Crippen molar-refractivity contribution >= 4 is 10.0 Å². The molecule has 0 spiro atoms. The zero-order valence-corrected chi connectivity index (χ0v) is 12.9. The number of sulfonamides is 1. The van der Waals surface area contributed by atoms with Crippen LogP contribution in [-0.2, 0) is 16.6 Å². The van der Waals surface area contributed by atoms with Gasteiger partial charge in [0.25, 0.3) is 0 Å². The average molecular weight is 298 g/mol. The Hall–Kier alpha value is -0.850. The molecule has 3 heterocycles. The van der Waals surface area contributed by atoms with Crippen molar-refractivity contribution in [3.8, 4) is 0 Å². The van der Waals surface area contributed by atoms with Crippen molar-refractivity contribution in [1.82, 2.24) is 9.21 Å². The Morgan fingerprint density at radius 2 is 1.85 bits per heavy atom. The molecule has 0 saturated carbocycles. The first-order valence-electron chi connectivity index (χ1n) is 7.23. The van der Waals surface area contributed by atoms with Crippen LogP contribution in [0.1, 0.15) is 18.4 Å². The Morgan fingerprint density at radius 3 is 2.35 bits per heavy atom. The molecule has 2 aliphatic rings. The summed E-state index contributed by atoms with van der Waals surface area (Å²) in [6.45, 7) is 7.83. The lowest BCUT2D eigenvalue weighted by Gasteiger charge is -2.20. The number of likely N-dealkylation sites (tertiary alicyclic amines) is 1. The van der Waals surface area contributed by atoms with Crippen LogP contribution in [0.2, 0.25) is 0 Å². The van der Waals surface area contributed by atoms with Crippen molar-refractivity contribution in [2.24, 2.45) is 11.8 Å². The minimum absolute atomic E-state index is 0.210. The predicted octanol–water partition coefficient (Wildman–Crippen LogP) is 1.30. The minimum Gasteiger partial charge on any atom is -0.465 e. The molecule has 6 heteroatoms. The smallest absolute Gasteiger partial charge is 0.213 e. The number of furan rings is 1. The second-order valence-corrected chi connectivity index (χ2v) is 8.20. The van der Waals surface area contributed by atoms with Gasteiger partial charge >= 0.3 is 0 Å². The predicted molar refractivity (Wildman–Crippen MR) is 76.7 cm³/mol. The zero-order valence-electron chi connectivity index (χ0n) is 12.1. The number of hydrogen-bond donors (Lipinski definition) is 0. The number of rotatable bonds is 4. The molecule has 2 aliphatic heterocycles. The normalized spacial score (nSPS) is 28.1. The van der Waals surface area contributed by atoms with Gasteiger partial charge in [0.05, 0.1) is 12.3 Å². The summed E-state index contributed by atoms with van der Waals surface area (Å²) in [6, 6.07) is 4.01. The Balaban J connectivity index is 1.58. The van der Waals surface area contributed by atoms with Crippen LogP contribution in [0.25, 0.3) is 0 Å². The van der Waals surface area contributed by atoms with Crippen molar-refractivity contribution < 1.29 is 12.8 Å². The lowest BCUT2D eigenvalue weighted by Crippen LogP contribution is -2.34. The zero-order chi connectivity index (χ0) is 14.3. The van der Waals surface area contributed by atoms with Crippen LogP contribution in [-0.4, -0.2) is 49.6 Å². The molecule has 0 aromatic carbocycles. The van der Waals surface area contributed by atoms with Gasteiger partial charge in [0, 0.05) is 26.2 Å². The largest absolute Gasteiger partial charge is 0.465 e. The third-order valence-electron chi connectivity index (χ3n) is 4.46. The van der Waals surface area contributed by atoms with E-state index in [9.17, 15) is 8.42 Å². The molecule has 1 aromatic rings. The van der Waals surface area contributed by atoms with Crippen LogP contribution in [0.3, 0.4) is 0 Å².